The quantitative estimate of drug-likeness (QED) is 0.332. The fraction of sp³-hybridized carbons (Fsp3) is 0.346. The van der Waals surface area contributed by atoms with Crippen LogP contribution in [-0.2, 0) is 4.74 Å². The van der Waals surface area contributed by atoms with Crippen molar-refractivity contribution in [1.29, 1.82) is 0 Å². The lowest BCUT2D eigenvalue weighted by Gasteiger charge is -2.26. The number of nitrogens with one attached hydrogen (secondary N) is 3. The zero-order valence-corrected chi connectivity index (χ0v) is 20.0. The number of aromatic nitrogens is 5. The number of ether oxygens (including phenoxy) is 2. The number of carbonyl (C=O) groups excluding carboxylic acids is 1. The molecule has 37 heavy (non-hydrogen) atoms. The van der Waals surface area contributed by atoms with E-state index in [2.05, 4.69) is 40.5 Å². The predicted molar refractivity (Wildman–Crippen MR) is 143 cm³/mol. The first kappa shape index (κ1) is 26.0. The van der Waals surface area contributed by atoms with E-state index in [1.807, 2.05) is 31.2 Å². The van der Waals surface area contributed by atoms with Crippen molar-refractivity contribution in [3.8, 4) is 28.4 Å². The van der Waals surface area contributed by atoms with Crippen LogP contribution in [0.4, 0.5) is 10.7 Å². The standard InChI is InChI=1S/C25H28N8O3.CH4/c1-2-26-25(34)32-24-30-20-15-18(14-19(22(20)31-24)23-27-6-3-7-28-23)17-4-5-21(29-16-17)36-13-10-33-8-11-35-12-9-33;/h3-7,14-16H,2,8-13H2,1H3,(H3,26,30,31,32,34);1H4. The number of urea groups is 1. The smallest absolute Gasteiger partial charge is 0.321 e. The Bertz CT molecular complexity index is 1300. The molecule has 3 N–H and O–H groups in total. The minimum absolute atomic E-state index is 0. The summed E-state index contributed by atoms with van der Waals surface area (Å²) in [6.07, 6.45) is 5.16. The fourth-order valence-electron chi connectivity index (χ4n) is 4.00. The maximum absolute atomic E-state index is 12.0. The summed E-state index contributed by atoms with van der Waals surface area (Å²) >= 11 is 0. The molecule has 11 nitrogen and oxygen atoms in total. The van der Waals surface area contributed by atoms with Gasteiger partial charge in [0.2, 0.25) is 11.8 Å². The second-order valence-corrected chi connectivity index (χ2v) is 8.25. The number of carbonyl (C=O) groups is 1. The highest BCUT2D eigenvalue weighted by Gasteiger charge is 2.16. The van der Waals surface area contributed by atoms with Crippen LogP contribution < -0.4 is 15.4 Å². The third-order valence-corrected chi connectivity index (χ3v) is 5.79. The number of benzene rings is 1. The van der Waals surface area contributed by atoms with Gasteiger partial charge in [0.15, 0.2) is 5.82 Å². The Morgan fingerprint density at radius 2 is 1.95 bits per heavy atom. The highest BCUT2D eigenvalue weighted by molar-refractivity contribution is 5.97. The van der Waals surface area contributed by atoms with Gasteiger partial charge in [-0.2, -0.15) is 0 Å². The first-order valence-corrected chi connectivity index (χ1v) is 11.9. The molecule has 3 aromatic heterocycles. The van der Waals surface area contributed by atoms with Crippen LogP contribution in [0.25, 0.3) is 33.5 Å². The minimum Gasteiger partial charge on any atom is -0.476 e. The topological polar surface area (TPSA) is 130 Å². The fourth-order valence-corrected chi connectivity index (χ4v) is 4.00. The van der Waals surface area contributed by atoms with Gasteiger partial charge in [0, 0.05) is 62.0 Å². The number of imidazole rings is 1. The molecule has 1 aromatic carbocycles. The van der Waals surface area contributed by atoms with Crippen LogP contribution in [-0.4, -0.2) is 81.9 Å². The molecule has 4 heterocycles. The average molecular weight is 505 g/mol. The van der Waals surface area contributed by atoms with Gasteiger partial charge < -0.3 is 19.8 Å². The van der Waals surface area contributed by atoms with E-state index in [-0.39, 0.29) is 13.5 Å². The van der Waals surface area contributed by atoms with Crippen molar-refractivity contribution in [2.45, 2.75) is 14.4 Å². The van der Waals surface area contributed by atoms with E-state index in [1.165, 1.54) is 0 Å². The Morgan fingerprint density at radius 3 is 2.68 bits per heavy atom. The third kappa shape index (κ3) is 6.38. The van der Waals surface area contributed by atoms with Gasteiger partial charge in [-0.05, 0) is 36.8 Å². The Balaban J connectivity index is 0.00000320. The molecule has 11 heteroatoms. The maximum Gasteiger partial charge on any atom is 0.321 e. The largest absolute Gasteiger partial charge is 0.476 e. The first-order chi connectivity index (χ1) is 17.7. The molecule has 0 saturated carbocycles. The highest BCUT2D eigenvalue weighted by Crippen LogP contribution is 2.32. The van der Waals surface area contributed by atoms with Crippen LogP contribution in [0.15, 0.2) is 48.9 Å². The van der Waals surface area contributed by atoms with Gasteiger partial charge in [-0.15, -0.1) is 0 Å². The Kier molecular flexibility index (Phi) is 8.60. The number of nitrogens with zero attached hydrogens (tertiary/aromatic N) is 5. The van der Waals surface area contributed by atoms with Crippen molar-refractivity contribution < 1.29 is 14.3 Å². The number of fused-ring (bicyclic) bond motifs is 1. The SMILES string of the molecule is C.CCNC(=O)Nc1nc2c(-c3ncccn3)cc(-c3ccc(OCCN4CCOCC4)nc3)cc2[nH]1. The average Bonchev–Trinajstić information content (AvgIpc) is 3.32. The van der Waals surface area contributed by atoms with Crippen molar-refractivity contribution in [2.24, 2.45) is 0 Å². The van der Waals surface area contributed by atoms with Crippen LogP contribution >= 0.6 is 0 Å². The molecule has 1 aliphatic heterocycles. The van der Waals surface area contributed by atoms with Crippen molar-refractivity contribution >= 4 is 23.0 Å². The van der Waals surface area contributed by atoms with E-state index in [1.54, 1.807) is 24.7 Å². The summed E-state index contributed by atoms with van der Waals surface area (Å²) in [7, 11) is 0. The minimum atomic E-state index is -0.331. The van der Waals surface area contributed by atoms with Crippen LogP contribution in [0.3, 0.4) is 0 Å². The molecule has 0 unspecified atom stereocenters. The van der Waals surface area contributed by atoms with Gasteiger partial charge in [0.1, 0.15) is 12.1 Å². The summed E-state index contributed by atoms with van der Waals surface area (Å²) in [6, 6.07) is 9.21. The second kappa shape index (κ2) is 12.2. The van der Waals surface area contributed by atoms with E-state index in [0.29, 0.717) is 36.3 Å². The van der Waals surface area contributed by atoms with Crippen LogP contribution in [0, 0.1) is 0 Å². The van der Waals surface area contributed by atoms with Gasteiger partial charge in [0.25, 0.3) is 0 Å². The number of anilines is 1. The molecule has 194 valence electrons. The molecule has 5 rings (SSSR count). The zero-order chi connectivity index (χ0) is 24.7. The molecule has 1 saturated heterocycles. The van der Waals surface area contributed by atoms with Crippen LogP contribution in [0.2, 0.25) is 0 Å². The van der Waals surface area contributed by atoms with Gasteiger partial charge in [-0.25, -0.2) is 24.7 Å². The van der Waals surface area contributed by atoms with E-state index < -0.39 is 0 Å². The van der Waals surface area contributed by atoms with Gasteiger partial charge >= 0.3 is 6.03 Å². The number of morpholine rings is 1. The Morgan fingerprint density at radius 1 is 1.14 bits per heavy atom. The Hall–Kier alpha value is -4.09. The van der Waals surface area contributed by atoms with Crippen molar-refractivity contribution in [3.05, 3.63) is 48.9 Å². The lowest BCUT2D eigenvalue weighted by Crippen LogP contribution is -2.38. The van der Waals surface area contributed by atoms with Crippen molar-refractivity contribution in [1.82, 2.24) is 35.1 Å². The maximum atomic E-state index is 12.0. The Labute approximate surface area is 215 Å². The third-order valence-electron chi connectivity index (χ3n) is 5.79. The molecule has 0 radical (unpaired) electrons. The van der Waals surface area contributed by atoms with E-state index in [0.717, 1.165) is 55.1 Å². The van der Waals surface area contributed by atoms with E-state index in [9.17, 15) is 4.79 Å². The summed E-state index contributed by atoms with van der Waals surface area (Å²) in [4.78, 5) is 35.4. The van der Waals surface area contributed by atoms with Crippen molar-refractivity contribution in [3.63, 3.8) is 0 Å². The number of hydrogen-bond donors (Lipinski definition) is 3. The molecular formula is C26H32N8O3. The summed E-state index contributed by atoms with van der Waals surface area (Å²) in [5.74, 6) is 1.46. The van der Waals surface area contributed by atoms with Crippen molar-refractivity contribution in [2.75, 3.05) is 51.3 Å². The van der Waals surface area contributed by atoms with Gasteiger partial charge in [-0.1, -0.05) is 7.43 Å². The van der Waals surface area contributed by atoms with E-state index in [4.69, 9.17) is 9.47 Å². The monoisotopic (exact) mass is 504 g/mol. The van der Waals surface area contributed by atoms with Gasteiger partial charge in [-0.3, -0.25) is 10.2 Å². The van der Waals surface area contributed by atoms with Crippen LogP contribution in [0.1, 0.15) is 14.4 Å². The first-order valence-electron chi connectivity index (χ1n) is 11.9. The van der Waals surface area contributed by atoms with Gasteiger partial charge in [0.05, 0.1) is 18.7 Å². The number of aromatic amines is 1. The molecule has 1 aliphatic rings. The van der Waals surface area contributed by atoms with Crippen LogP contribution in [0.5, 0.6) is 5.88 Å². The normalized spacial score (nSPS) is 13.6. The number of hydrogen-bond acceptors (Lipinski definition) is 8. The molecule has 0 spiro atoms. The summed E-state index contributed by atoms with van der Waals surface area (Å²) in [6.45, 7) is 7.18. The highest BCUT2D eigenvalue weighted by atomic mass is 16.5. The molecule has 2 amide bonds. The lowest BCUT2D eigenvalue weighted by atomic mass is 10.0. The number of rotatable bonds is 8. The summed E-state index contributed by atoms with van der Waals surface area (Å²) in [5.41, 5.74) is 3.96. The molecule has 0 atom stereocenters. The predicted octanol–water partition coefficient (Wildman–Crippen LogP) is 3.57. The molecule has 0 aliphatic carbocycles. The molecule has 1 fully saturated rings. The number of amides is 2. The summed E-state index contributed by atoms with van der Waals surface area (Å²) in [5, 5.41) is 5.42. The summed E-state index contributed by atoms with van der Waals surface area (Å²) < 4.78 is 11.2. The lowest BCUT2D eigenvalue weighted by molar-refractivity contribution is 0.0320. The second-order valence-electron chi connectivity index (χ2n) is 8.25. The zero-order valence-electron chi connectivity index (χ0n) is 20.0. The molecule has 4 aromatic rings. The number of pyridine rings is 1. The van der Waals surface area contributed by atoms with E-state index >= 15 is 0 Å². The molecular weight excluding hydrogens is 472 g/mol. The number of H-pyrrole nitrogens is 1. The molecule has 0 bridgehead atoms.